The standard InChI is InChI=1S/C25H32O/c1-2-3-4-5-6-10-13-21-22(16-18-11-8-7-9-12-18)25(26)24-20-15-14-19(17-20)23(21)24/h7-9,11-12,14-16,19-21,23-24H,2-6,10,13,17H2,1H3/t19-,20+,21+,23-,24-/m0/s1. The summed E-state index contributed by atoms with van der Waals surface area (Å²) in [7, 11) is 0. The average Bonchev–Trinajstić information content (AvgIpc) is 3.34. The fourth-order valence-corrected chi connectivity index (χ4v) is 5.76. The number of Topliss-reactive ketones (excluding diaryl/α,β-unsaturated/α-hetero) is 1. The minimum atomic E-state index is 0.282. The molecule has 2 fully saturated rings. The Labute approximate surface area is 158 Å². The Morgan fingerprint density at radius 2 is 1.69 bits per heavy atom. The Balaban J connectivity index is 1.50. The number of hydrogen-bond acceptors (Lipinski definition) is 1. The van der Waals surface area contributed by atoms with Gasteiger partial charge in [-0.05, 0) is 53.7 Å². The summed E-state index contributed by atoms with van der Waals surface area (Å²) in [5, 5.41) is 0. The van der Waals surface area contributed by atoms with Crippen LogP contribution in [0.2, 0.25) is 0 Å². The van der Waals surface area contributed by atoms with E-state index in [1.54, 1.807) is 0 Å². The average molecular weight is 349 g/mol. The Kier molecular flexibility index (Phi) is 5.43. The first-order valence-electron chi connectivity index (χ1n) is 10.8. The molecule has 0 aromatic heterocycles. The highest BCUT2D eigenvalue weighted by atomic mass is 16.1. The summed E-state index contributed by atoms with van der Waals surface area (Å²) >= 11 is 0. The van der Waals surface area contributed by atoms with E-state index in [9.17, 15) is 4.79 Å². The van der Waals surface area contributed by atoms with E-state index in [1.807, 2.05) is 6.07 Å². The van der Waals surface area contributed by atoms with Gasteiger partial charge in [-0.3, -0.25) is 4.79 Å². The van der Waals surface area contributed by atoms with E-state index in [4.69, 9.17) is 0 Å². The van der Waals surface area contributed by atoms with E-state index >= 15 is 0 Å². The smallest absolute Gasteiger partial charge is 0.163 e. The number of fused-ring (bicyclic) bond motifs is 5. The summed E-state index contributed by atoms with van der Waals surface area (Å²) in [5.41, 5.74) is 2.32. The third-order valence-corrected chi connectivity index (χ3v) is 6.96. The maximum atomic E-state index is 13.3. The molecular formula is C25H32O. The van der Waals surface area contributed by atoms with Crippen LogP contribution in [0, 0.1) is 29.6 Å². The van der Waals surface area contributed by atoms with Gasteiger partial charge in [0, 0.05) is 5.92 Å². The number of rotatable bonds is 8. The molecule has 1 aromatic rings. The zero-order valence-corrected chi connectivity index (χ0v) is 16.1. The van der Waals surface area contributed by atoms with Crippen LogP contribution in [0.5, 0.6) is 0 Å². The van der Waals surface area contributed by atoms with Gasteiger partial charge in [-0.2, -0.15) is 0 Å². The Morgan fingerprint density at radius 3 is 2.50 bits per heavy atom. The van der Waals surface area contributed by atoms with Crippen LogP contribution in [0.25, 0.3) is 6.08 Å². The second-order valence-electron chi connectivity index (χ2n) is 8.59. The van der Waals surface area contributed by atoms with Gasteiger partial charge < -0.3 is 0 Å². The van der Waals surface area contributed by atoms with Gasteiger partial charge in [-0.15, -0.1) is 0 Å². The first kappa shape index (κ1) is 17.8. The van der Waals surface area contributed by atoms with E-state index in [1.165, 1.54) is 56.9 Å². The van der Waals surface area contributed by atoms with Gasteiger partial charge in [-0.1, -0.05) is 87.9 Å². The molecule has 3 aliphatic carbocycles. The van der Waals surface area contributed by atoms with E-state index in [2.05, 4.69) is 49.4 Å². The molecular weight excluding hydrogens is 316 g/mol. The number of carbonyl (C=O) groups is 1. The molecule has 0 amide bonds. The highest BCUT2D eigenvalue weighted by molar-refractivity contribution is 6.05. The number of unbranched alkanes of at least 4 members (excludes halogenated alkanes) is 5. The zero-order valence-electron chi connectivity index (χ0n) is 16.1. The maximum Gasteiger partial charge on any atom is 0.163 e. The first-order valence-corrected chi connectivity index (χ1v) is 10.8. The summed E-state index contributed by atoms with van der Waals surface area (Å²) in [6, 6.07) is 10.4. The van der Waals surface area contributed by atoms with Gasteiger partial charge in [0.15, 0.2) is 5.78 Å². The van der Waals surface area contributed by atoms with Crippen molar-refractivity contribution in [2.45, 2.75) is 58.3 Å². The Morgan fingerprint density at radius 1 is 0.962 bits per heavy atom. The first-order chi connectivity index (χ1) is 12.8. The number of ketones is 1. The molecule has 2 saturated carbocycles. The van der Waals surface area contributed by atoms with Gasteiger partial charge in [0.25, 0.3) is 0 Å². The van der Waals surface area contributed by atoms with Gasteiger partial charge >= 0.3 is 0 Å². The molecule has 4 rings (SSSR count). The predicted octanol–water partition coefficient (Wildman–Crippen LogP) is 6.46. The van der Waals surface area contributed by atoms with Crippen molar-refractivity contribution in [1.82, 2.24) is 0 Å². The van der Waals surface area contributed by atoms with Crippen LogP contribution >= 0.6 is 0 Å². The van der Waals surface area contributed by atoms with Crippen molar-refractivity contribution < 1.29 is 4.79 Å². The van der Waals surface area contributed by atoms with E-state index < -0.39 is 0 Å². The third-order valence-electron chi connectivity index (χ3n) is 6.96. The summed E-state index contributed by atoms with van der Waals surface area (Å²) < 4.78 is 0. The summed E-state index contributed by atoms with van der Waals surface area (Å²) in [6.07, 6.45) is 17.4. The van der Waals surface area contributed by atoms with Crippen molar-refractivity contribution in [2.75, 3.05) is 0 Å². The fraction of sp³-hybridized carbons (Fsp3) is 0.560. The molecule has 0 radical (unpaired) electrons. The molecule has 1 aromatic carbocycles. The molecule has 1 nitrogen and oxygen atoms in total. The highest BCUT2D eigenvalue weighted by Crippen LogP contribution is 2.59. The number of carbonyl (C=O) groups excluding carboxylic acids is 1. The molecule has 0 unspecified atom stereocenters. The number of benzene rings is 1. The van der Waals surface area contributed by atoms with Crippen LogP contribution in [0.1, 0.15) is 63.9 Å². The minimum absolute atomic E-state index is 0.282. The van der Waals surface area contributed by atoms with E-state index in [-0.39, 0.29) is 5.92 Å². The lowest BCUT2D eigenvalue weighted by Gasteiger charge is -2.25. The lowest BCUT2D eigenvalue weighted by Crippen LogP contribution is -2.21. The summed E-state index contributed by atoms with van der Waals surface area (Å²) in [5.74, 6) is 2.99. The van der Waals surface area contributed by atoms with Crippen LogP contribution in [0.3, 0.4) is 0 Å². The highest BCUT2D eigenvalue weighted by Gasteiger charge is 2.57. The van der Waals surface area contributed by atoms with Gasteiger partial charge in [-0.25, -0.2) is 0 Å². The molecule has 2 bridgehead atoms. The molecule has 0 aliphatic heterocycles. The molecule has 0 heterocycles. The second kappa shape index (κ2) is 7.94. The predicted molar refractivity (Wildman–Crippen MR) is 109 cm³/mol. The van der Waals surface area contributed by atoms with Crippen LogP contribution in [-0.4, -0.2) is 5.78 Å². The molecule has 0 saturated heterocycles. The van der Waals surface area contributed by atoms with E-state index in [0.717, 1.165) is 5.57 Å². The summed E-state index contributed by atoms with van der Waals surface area (Å²) in [4.78, 5) is 13.3. The molecule has 3 aliphatic rings. The van der Waals surface area contributed by atoms with Crippen molar-refractivity contribution in [3.05, 3.63) is 53.6 Å². The lowest BCUT2D eigenvalue weighted by atomic mass is 9.78. The quantitative estimate of drug-likeness (QED) is 0.299. The fourth-order valence-electron chi connectivity index (χ4n) is 5.76. The topological polar surface area (TPSA) is 17.1 Å². The second-order valence-corrected chi connectivity index (χ2v) is 8.59. The number of hydrogen-bond donors (Lipinski definition) is 0. The van der Waals surface area contributed by atoms with Gasteiger partial charge in [0.2, 0.25) is 0 Å². The van der Waals surface area contributed by atoms with Crippen LogP contribution in [0.4, 0.5) is 0 Å². The van der Waals surface area contributed by atoms with Crippen molar-refractivity contribution in [2.24, 2.45) is 29.6 Å². The van der Waals surface area contributed by atoms with Crippen molar-refractivity contribution in [3.8, 4) is 0 Å². The van der Waals surface area contributed by atoms with Crippen LogP contribution < -0.4 is 0 Å². The van der Waals surface area contributed by atoms with Crippen LogP contribution in [0.15, 0.2) is 48.1 Å². The largest absolute Gasteiger partial charge is 0.294 e. The molecule has 5 atom stereocenters. The molecule has 26 heavy (non-hydrogen) atoms. The summed E-state index contributed by atoms with van der Waals surface area (Å²) in [6.45, 7) is 2.27. The normalized spacial score (nSPS) is 33.3. The monoisotopic (exact) mass is 348 g/mol. The number of allylic oxidation sites excluding steroid dienone is 3. The van der Waals surface area contributed by atoms with E-state index in [0.29, 0.717) is 29.5 Å². The molecule has 1 heteroatoms. The Bertz CT molecular complexity index is 683. The molecule has 0 N–H and O–H groups in total. The Hall–Kier alpha value is -1.63. The molecule has 138 valence electrons. The SMILES string of the molecule is CCCCCCCC[C@@H]1C(=Cc2ccccc2)C(=O)[C@@H]2[C@H]1[C@H]1C=C[C@@H]2C1. The lowest BCUT2D eigenvalue weighted by molar-refractivity contribution is -0.118. The van der Waals surface area contributed by atoms with Crippen molar-refractivity contribution in [3.63, 3.8) is 0 Å². The van der Waals surface area contributed by atoms with Crippen LogP contribution in [-0.2, 0) is 4.79 Å². The van der Waals surface area contributed by atoms with Crippen molar-refractivity contribution in [1.29, 1.82) is 0 Å². The van der Waals surface area contributed by atoms with Crippen molar-refractivity contribution >= 4 is 11.9 Å². The maximum absolute atomic E-state index is 13.3. The van der Waals surface area contributed by atoms with Gasteiger partial charge in [0.1, 0.15) is 0 Å². The zero-order chi connectivity index (χ0) is 17.9. The molecule has 0 spiro atoms. The van der Waals surface area contributed by atoms with Gasteiger partial charge in [0.05, 0.1) is 0 Å². The minimum Gasteiger partial charge on any atom is -0.294 e. The third kappa shape index (κ3) is 3.33.